The van der Waals surface area contributed by atoms with Crippen molar-refractivity contribution in [1.29, 1.82) is 0 Å². The van der Waals surface area contributed by atoms with Crippen LogP contribution < -0.4 is 4.74 Å². The first-order valence-corrected chi connectivity index (χ1v) is 5.24. The molecule has 0 N–H and O–H groups in total. The average Bonchev–Trinajstić information content (AvgIpc) is 2.30. The molecule has 4 heteroatoms. The van der Waals surface area contributed by atoms with E-state index >= 15 is 0 Å². The van der Waals surface area contributed by atoms with Crippen molar-refractivity contribution in [2.24, 2.45) is 0 Å². The van der Waals surface area contributed by atoms with Gasteiger partial charge in [0, 0.05) is 0 Å². The van der Waals surface area contributed by atoms with E-state index < -0.39 is 11.6 Å². The molecular formula is C13H16O4. The topological polar surface area (TPSA) is 52.6 Å². The monoisotopic (exact) mass is 236 g/mol. The zero-order chi connectivity index (χ0) is 13.1. The van der Waals surface area contributed by atoms with Crippen LogP contribution in [0.2, 0.25) is 0 Å². The van der Waals surface area contributed by atoms with Crippen molar-refractivity contribution in [3.05, 3.63) is 29.3 Å². The van der Waals surface area contributed by atoms with E-state index in [-0.39, 0.29) is 0 Å². The van der Waals surface area contributed by atoms with Gasteiger partial charge in [-0.1, -0.05) is 12.1 Å². The van der Waals surface area contributed by atoms with Crippen molar-refractivity contribution in [2.75, 3.05) is 7.11 Å². The van der Waals surface area contributed by atoms with E-state index in [1.165, 1.54) is 7.11 Å². The number of carbonyl (C=O) groups is 2. The molecule has 4 nitrogen and oxygen atoms in total. The van der Waals surface area contributed by atoms with Gasteiger partial charge in [0.2, 0.25) is 0 Å². The highest BCUT2D eigenvalue weighted by atomic mass is 16.6. The molecule has 0 aliphatic carbocycles. The first-order valence-electron chi connectivity index (χ1n) is 5.24. The zero-order valence-corrected chi connectivity index (χ0v) is 10.4. The fraction of sp³-hybridized carbons (Fsp3) is 0.385. The second-order valence-electron chi connectivity index (χ2n) is 4.22. The van der Waals surface area contributed by atoms with Crippen LogP contribution in [0.4, 0.5) is 0 Å². The molecule has 0 spiro atoms. The Bertz CT molecular complexity index is 435. The van der Waals surface area contributed by atoms with Gasteiger partial charge in [0.15, 0.2) is 11.9 Å². The van der Waals surface area contributed by atoms with Crippen molar-refractivity contribution in [1.82, 2.24) is 0 Å². The first kappa shape index (κ1) is 13.2. The van der Waals surface area contributed by atoms with Crippen LogP contribution in [0.3, 0.4) is 0 Å². The highest BCUT2D eigenvalue weighted by Gasteiger charge is 2.32. The van der Waals surface area contributed by atoms with Gasteiger partial charge >= 0.3 is 5.97 Å². The summed E-state index contributed by atoms with van der Waals surface area (Å²) in [6, 6.07) is 5.22. The molecule has 0 unspecified atom stereocenters. The number of rotatable bonds is 4. The van der Waals surface area contributed by atoms with Gasteiger partial charge in [0.25, 0.3) is 0 Å². The third kappa shape index (κ3) is 2.84. The minimum atomic E-state index is -1.13. The molecule has 92 valence electrons. The molecule has 0 aromatic heterocycles. The molecule has 0 aliphatic rings. The predicted octanol–water partition coefficient (Wildman–Crippen LogP) is 2.14. The van der Waals surface area contributed by atoms with E-state index in [0.717, 1.165) is 5.56 Å². The number of hydrogen-bond acceptors (Lipinski definition) is 4. The van der Waals surface area contributed by atoms with Gasteiger partial charge in [-0.25, -0.2) is 4.79 Å². The Morgan fingerprint density at radius 2 is 2.00 bits per heavy atom. The summed E-state index contributed by atoms with van der Waals surface area (Å²) in [6.07, 6.45) is 0.704. The van der Waals surface area contributed by atoms with Gasteiger partial charge in [0.05, 0.1) is 12.7 Å². The van der Waals surface area contributed by atoms with E-state index in [4.69, 9.17) is 4.74 Å². The summed E-state index contributed by atoms with van der Waals surface area (Å²) < 4.78 is 10.2. The van der Waals surface area contributed by atoms with Crippen LogP contribution in [0.15, 0.2) is 18.2 Å². The summed E-state index contributed by atoms with van der Waals surface area (Å²) in [5.74, 6) is -0.0736. The number of para-hydroxylation sites is 1. The summed E-state index contributed by atoms with van der Waals surface area (Å²) >= 11 is 0. The van der Waals surface area contributed by atoms with Gasteiger partial charge in [-0.3, -0.25) is 4.79 Å². The van der Waals surface area contributed by atoms with Crippen LogP contribution in [-0.4, -0.2) is 25.0 Å². The Balaban J connectivity index is 3.10. The van der Waals surface area contributed by atoms with E-state index in [0.29, 0.717) is 17.6 Å². The lowest BCUT2D eigenvalue weighted by atomic mass is 10.1. The van der Waals surface area contributed by atoms with Crippen LogP contribution in [0.25, 0.3) is 0 Å². The van der Waals surface area contributed by atoms with Crippen LogP contribution in [0.5, 0.6) is 5.75 Å². The van der Waals surface area contributed by atoms with Crippen molar-refractivity contribution in [3.63, 3.8) is 0 Å². The molecule has 0 bridgehead atoms. The smallest absolute Gasteiger partial charge is 0.349 e. The van der Waals surface area contributed by atoms with Crippen LogP contribution in [0.1, 0.15) is 29.8 Å². The first-order chi connectivity index (χ1) is 7.92. The third-order valence-electron chi connectivity index (χ3n) is 2.40. The number of hydrogen-bond donors (Lipinski definition) is 0. The number of aryl methyl sites for hydroxylation is 1. The Morgan fingerprint density at radius 3 is 2.53 bits per heavy atom. The second kappa shape index (κ2) is 4.99. The van der Waals surface area contributed by atoms with Crippen molar-refractivity contribution >= 4 is 12.3 Å². The highest BCUT2D eigenvalue weighted by Crippen LogP contribution is 2.26. The number of esters is 1. The molecule has 0 saturated carbocycles. The molecule has 0 heterocycles. The fourth-order valence-electron chi connectivity index (χ4n) is 1.45. The third-order valence-corrected chi connectivity index (χ3v) is 2.40. The van der Waals surface area contributed by atoms with E-state index in [9.17, 15) is 9.59 Å². The van der Waals surface area contributed by atoms with Gasteiger partial charge in [0.1, 0.15) is 5.75 Å². The maximum atomic E-state index is 11.5. The van der Waals surface area contributed by atoms with E-state index in [1.807, 2.05) is 13.0 Å². The fourth-order valence-corrected chi connectivity index (χ4v) is 1.45. The minimum absolute atomic E-state index is 0.415. The molecular weight excluding hydrogens is 220 g/mol. The molecule has 1 rings (SSSR count). The maximum Gasteiger partial charge on any atom is 0.349 e. The molecule has 0 amide bonds. The molecule has 0 atom stereocenters. The van der Waals surface area contributed by atoms with Gasteiger partial charge in [-0.15, -0.1) is 0 Å². The SMILES string of the molecule is COC(=O)C(C)(C)Oc1c(C)cccc1C=O. The van der Waals surface area contributed by atoms with E-state index in [1.54, 1.807) is 26.0 Å². The van der Waals surface area contributed by atoms with Crippen molar-refractivity contribution in [2.45, 2.75) is 26.4 Å². The molecule has 0 saturated heterocycles. The standard InChI is InChI=1S/C13H16O4/c1-9-6-5-7-10(8-14)11(9)17-13(2,3)12(15)16-4/h5-8H,1-4H3. The number of carbonyl (C=O) groups excluding carboxylic acids is 2. The summed E-state index contributed by atoms with van der Waals surface area (Å²) in [7, 11) is 1.30. The lowest BCUT2D eigenvalue weighted by molar-refractivity contribution is -0.156. The molecule has 17 heavy (non-hydrogen) atoms. The molecule has 0 aliphatic heterocycles. The van der Waals surface area contributed by atoms with Gasteiger partial charge < -0.3 is 9.47 Å². The summed E-state index contributed by atoms with van der Waals surface area (Å²) in [5, 5.41) is 0. The minimum Gasteiger partial charge on any atom is -0.475 e. The Kier molecular flexibility index (Phi) is 3.89. The summed E-state index contributed by atoms with van der Waals surface area (Å²) in [6.45, 7) is 5.01. The quantitative estimate of drug-likeness (QED) is 0.593. The summed E-state index contributed by atoms with van der Waals surface area (Å²) in [4.78, 5) is 22.4. The normalized spacial score (nSPS) is 10.8. The number of ether oxygens (including phenoxy) is 2. The lowest BCUT2D eigenvalue weighted by Gasteiger charge is -2.25. The van der Waals surface area contributed by atoms with Crippen molar-refractivity contribution < 1.29 is 19.1 Å². The number of benzene rings is 1. The Morgan fingerprint density at radius 1 is 1.35 bits per heavy atom. The van der Waals surface area contributed by atoms with Crippen LogP contribution in [-0.2, 0) is 9.53 Å². The van der Waals surface area contributed by atoms with E-state index in [2.05, 4.69) is 4.74 Å². The Hall–Kier alpha value is -1.84. The molecule has 1 aromatic rings. The van der Waals surface area contributed by atoms with Crippen LogP contribution >= 0.6 is 0 Å². The van der Waals surface area contributed by atoms with Gasteiger partial charge in [-0.05, 0) is 32.4 Å². The zero-order valence-electron chi connectivity index (χ0n) is 10.4. The number of methoxy groups -OCH3 is 1. The maximum absolute atomic E-state index is 11.5. The lowest BCUT2D eigenvalue weighted by Crippen LogP contribution is -2.39. The highest BCUT2D eigenvalue weighted by molar-refractivity contribution is 5.82. The second-order valence-corrected chi connectivity index (χ2v) is 4.22. The largest absolute Gasteiger partial charge is 0.475 e. The molecule has 0 fully saturated rings. The predicted molar refractivity (Wildman–Crippen MR) is 63.3 cm³/mol. The Labute approximate surface area is 101 Å². The van der Waals surface area contributed by atoms with Crippen molar-refractivity contribution in [3.8, 4) is 5.75 Å². The summed E-state index contributed by atoms with van der Waals surface area (Å²) in [5.41, 5.74) is 0.0899. The molecule has 1 aromatic carbocycles. The molecule has 0 radical (unpaired) electrons. The average molecular weight is 236 g/mol. The number of aldehydes is 1. The van der Waals surface area contributed by atoms with Crippen LogP contribution in [0, 0.1) is 6.92 Å². The van der Waals surface area contributed by atoms with Gasteiger partial charge in [-0.2, -0.15) is 0 Å².